The number of carbonyl (C=O) groups excluding carboxylic acids is 4. The van der Waals surface area contributed by atoms with Crippen LogP contribution in [0.15, 0.2) is 29.6 Å². The van der Waals surface area contributed by atoms with Crippen LogP contribution in [0, 0.1) is 31.6 Å². The average Bonchev–Trinajstić information content (AvgIpc) is 3.87. The van der Waals surface area contributed by atoms with Crippen LogP contribution in [0.4, 0.5) is 0 Å². The Balaban J connectivity index is 0.00000523. The van der Waals surface area contributed by atoms with Gasteiger partial charge in [-0.2, -0.15) is 11.4 Å². The summed E-state index contributed by atoms with van der Waals surface area (Å²) >= 11 is 0. The fourth-order valence-corrected chi connectivity index (χ4v) is 7.36. The van der Waals surface area contributed by atoms with Gasteiger partial charge in [0, 0.05) is 17.5 Å². The minimum Gasteiger partial charge on any atom is -0.664 e. The number of hydrogen-bond acceptors (Lipinski definition) is 6. The third-order valence-corrected chi connectivity index (χ3v) is 10.5. The van der Waals surface area contributed by atoms with E-state index in [4.69, 9.17) is 29.7 Å². The maximum absolute atomic E-state index is 14.2. The second kappa shape index (κ2) is 15.6. The molecule has 2 aliphatic heterocycles. The number of ether oxygens (including phenoxy) is 2. The van der Waals surface area contributed by atoms with Gasteiger partial charge in [-0.3, -0.25) is 19.2 Å². The molecule has 10 nitrogen and oxygen atoms in total. The number of Topliss-reactive ketones (excluding diaryl/α,β-unsaturated/α-hetero) is 1. The molecule has 0 saturated carbocycles. The molecule has 8 bridgehead atoms. The van der Waals surface area contributed by atoms with Gasteiger partial charge in [0.25, 0.3) is 0 Å². The van der Waals surface area contributed by atoms with Crippen molar-refractivity contribution >= 4 is 76.9 Å². The number of hydrogen-bond donors (Lipinski definition) is 0. The molecule has 0 spiro atoms. The van der Waals surface area contributed by atoms with Crippen molar-refractivity contribution in [2.24, 2.45) is 17.8 Å². The fraction of sp³-hybridized carbons (Fsp3) is 0.366. The van der Waals surface area contributed by atoms with Crippen molar-refractivity contribution in [1.82, 2.24) is 15.0 Å². The zero-order valence-corrected chi connectivity index (χ0v) is 32.3. The van der Waals surface area contributed by atoms with Gasteiger partial charge < -0.3 is 29.7 Å². The standard InChI is InChI=1S/C41H43N4O6.Mg/c1-9-20(4)14-15-51-34(47)13-12-26-22(6)29-16-28-21(5)24(10-2)31(42-28)18-33-27(19-46)25(11-3)32(43-33)17-30-23(7)35-39(45-30)36(38(26)44-29)37(40(35)48)41(49)50-8;/h10,14,16-19,22,26,37H,2,9,11-13,15H2,1,3-8H3,(H-,44,45,46,48);/q-3;+2/p-1/b20-14+,29-16-,33-18-;/t22-,26-,37+;/m0./s1. The monoisotopic (exact) mass is 710 g/mol. The second-order valence-corrected chi connectivity index (χ2v) is 13.3. The number of aldehydes is 1. The zero-order chi connectivity index (χ0) is 36.7. The van der Waals surface area contributed by atoms with Gasteiger partial charge >= 0.3 is 35.0 Å². The summed E-state index contributed by atoms with van der Waals surface area (Å²) in [6.07, 6.45) is 11.8. The van der Waals surface area contributed by atoms with Crippen LogP contribution >= 0.6 is 0 Å². The molecule has 0 N–H and O–H groups in total. The quantitative estimate of drug-likeness (QED) is 0.0950. The summed E-state index contributed by atoms with van der Waals surface area (Å²) in [5.41, 5.74) is 8.71. The van der Waals surface area contributed by atoms with Crippen LogP contribution in [0.1, 0.15) is 113 Å². The molecule has 3 atom stereocenters. The van der Waals surface area contributed by atoms with E-state index >= 15 is 0 Å². The first-order chi connectivity index (χ1) is 24.5. The molecule has 3 aromatic rings. The molecule has 1 fully saturated rings. The number of fused-ring (bicyclic) bond motifs is 7. The number of nitrogens with zero attached hydrogens (tertiary/aromatic N) is 4. The molecule has 0 unspecified atom stereocenters. The van der Waals surface area contributed by atoms with Crippen molar-refractivity contribution < 1.29 is 28.7 Å². The van der Waals surface area contributed by atoms with E-state index in [0.29, 0.717) is 80.0 Å². The first-order valence-corrected chi connectivity index (χ1v) is 17.4. The van der Waals surface area contributed by atoms with E-state index in [1.54, 1.807) is 25.2 Å². The molecule has 3 aromatic heterocycles. The Morgan fingerprint density at radius 3 is 2.35 bits per heavy atom. The molecular formula is C41H42MgN4O6-2. The van der Waals surface area contributed by atoms with E-state index in [1.165, 1.54) is 7.11 Å². The minimum absolute atomic E-state index is 0. The van der Waals surface area contributed by atoms with E-state index in [2.05, 4.69) is 6.58 Å². The number of allylic oxidation sites excluding steroid dienone is 3. The number of carbonyl (C=O) groups is 4. The molecule has 266 valence electrons. The second-order valence-electron chi connectivity index (χ2n) is 13.3. The fourth-order valence-electron chi connectivity index (χ4n) is 7.36. The Bertz CT molecular complexity index is 2210. The van der Waals surface area contributed by atoms with Gasteiger partial charge in [-0.1, -0.05) is 79.5 Å². The van der Waals surface area contributed by atoms with Gasteiger partial charge in [0.15, 0.2) is 5.78 Å². The predicted octanol–water partition coefficient (Wildman–Crippen LogP) is 4.84. The smallest absolute Gasteiger partial charge is 0.664 e. The van der Waals surface area contributed by atoms with Crippen molar-refractivity contribution in [3.63, 3.8) is 0 Å². The van der Waals surface area contributed by atoms with Crippen LogP contribution in [-0.2, 0) is 25.5 Å². The summed E-state index contributed by atoms with van der Waals surface area (Å²) < 4.78 is 10.7. The van der Waals surface area contributed by atoms with Crippen LogP contribution in [0.3, 0.4) is 0 Å². The minimum atomic E-state index is -1.26. The molecule has 0 aromatic carbocycles. The topological polar surface area (TPSA) is 143 Å². The number of aromatic nitrogens is 3. The first kappa shape index (κ1) is 38.6. The molecule has 52 heavy (non-hydrogen) atoms. The van der Waals surface area contributed by atoms with E-state index in [-0.39, 0.29) is 53.9 Å². The normalized spacial score (nSPS) is 22.6. The van der Waals surface area contributed by atoms with Crippen molar-refractivity contribution in [1.29, 1.82) is 0 Å². The molecule has 5 heterocycles. The van der Waals surface area contributed by atoms with Crippen LogP contribution in [0.5, 0.6) is 0 Å². The van der Waals surface area contributed by atoms with E-state index in [0.717, 1.165) is 35.0 Å². The summed E-state index contributed by atoms with van der Waals surface area (Å²) in [6.45, 7) is 16.0. The number of methoxy groups -OCH3 is 1. The average molecular weight is 711 g/mol. The third-order valence-electron chi connectivity index (χ3n) is 10.5. The molecule has 11 heteroatoms. The number of rotatable bonds is 10. The summed E-state index contributed by atoms with van der Waals surface area (Å²) in [5, 5.41) is 6.18. The number of ketones is 1. The molecule has 3 aliphatic rings. The summed E-state index contributed by atoms with van der Waals surface area (Å²) in [7, 11) is 1.26. The SMILES string of the molecule is C=Cc1c2[n-]c(c1C)/C=C1\[N-]/C(=C3\c4[n-]c(c(C)c4C(=O)[C@@H]3C(=O)OC)/C=c3\[n-]/c(c(C=O)c3CC)=C\2)[C@@H](CCC(=O)OC/C=C(\C)CC)[C@@H]1C.[Mg+2]. The summed E-state index contributed by atoms with van der Waals surface area (Å²) in [4.78, 5) is 67.8. The van der Waals surface area contributed by atoms with Crippen LogP contribution < -0.4 is 25.7 Å². The van der Waals surface area contributed by atoms with Crippen molar-refractivity contribution in [2.75, 3.05) is 13.7 Å². The van der Waals surface area contributed by atoms with Gasteiger partial charge in [0.2, 0.25) is 0 Å². The molecule has 1 saturated heterocycles. The van der Waals surface area contributed by atoms with E-state index in [1.807, 2.05) is 46.8 Å². The summed E-state index contributed by atoms with van der Waals surface area (Å²) in [5.74, 6) is -3.29. The Morgan fingerprint density at radius 2 is 1.69 bits per heavy atom. The van der Waals surface area contributed by atoms with Crippen LogP contribution in [0.2, 0.25) is 0 Å². The molecule has 6 rings (SSSR count). The Hall–Kier alpha value is -4.61. The zero-order valence-electron chi connectivity index (χ0n) is 30.9. The van der Waals surface area contributed by atoms with Gasteiger partial charge in [-0.05, 0) is 63.5 Å². The maximum Gasteiger partial charge on any atom is 2.00 e. The molecular weight excluding hydrogens is 669 g/mol. The van der Waals surface area contributed by atoms with Crippen LogP contribution in [0.25, 0.3) is 35.2 Å². The molecule has 0 amide bonds. The van der Waals surface area contributed by atoms with Gasteiger partial charge in [0.1, 0.15) is 18.8 Å². The van der Waals surface area contributed by atoms with Crippen molar-refractivity contribution in [3.05, 3.63) is 102 Å². The van der Waals surface area contributed by atoms with Crippen molar-refractivity contribution in [2.45, 2.75) is 67.2 Å². The van der Waals surface area contributed by atoms with Crippen molar-refractivity contribution in [3.8, 4) is 0 Å². The first-order valence-electron chi connectivity index (χ1n) is 17.4. The Morgan fingerprint density at radius 1 is 0.981 bits per heavy atom. The van der Waals surface area contributed by atoms with Gasteiger partial charge in [-0.15, -0.1) is 33.5 Å². The maximum atomic E-state index is 14.2. The molecule has 0 radical (unpaired) electrons. The Kier molecular flexibility index (Phi) is 11.5. The van der Waals surface area contributed by atoms with Gasteiger partial charge in [0.05, 0.1) is 7.11 Å². The Labute approximate surface area is 319 Å². The number of esters is 2. The van der Waals surface area contributed by atoms with E-state index < -0.39 is 17.7 Å². The molecule has 1 aliphatic carbocycles. The predicted molar refractivity (Wildman–Crippen MR) is 201 cm³/mol. The van der Waals surface area contributed by atoms with E-state index in [9.17, 15) is 19.2 Å². The summed E-state index contributed by atoms with van der Waals surface area (Å²) in [6, 6.07) is 0. The van der Waals surface area contributed by atoms with Gasteiger partial charge in [-0.25, -0.2) is 0 Å². The largest absolute Gasteiger partial charge is 2.00 e. The van der Waals surface area contributed by atoms with Crippen LogP contribution in [-0.4, -0.2) is 60.8 Å². The third kappa shape index (κ3) is 6.60.